The van der Waals surface area contributed by atoms with E-state index >= 15 is 0 Å². The molecule has 0 heterocycles. The summed E-state index contributed by atoms with van der Waals surface area (Å²) in [5, 5.41) is 9.30. The van der Waals surface area contributed by atoms with Crippen LogP contribution in [0.4, 0.5) is 0 Å². The second kappa shape index (κ2) is 7.81. The molecule has 6 nitrogen and oxygen atoms in total. The molecule has 5 N–H and O–H groups in total. The van der Waals surface area contributed by atoms with E-state index in [2.05, 4.69) is 5.73 Å². The van der Waals surface area contributed by atoms with Gasteiger partial charge in [0.15, 0.2) is 0 Å². The van der Waals surface area contributed by atoms with Gasteiger partial charge in [-0.25, -0.2) is 4.79 Å². The summed E-state index contributed by atoms with van der Waals surface area (Å²) in [6.07, 6.45) is 1.93. The minimum atomic E-state index is -0.608. The van der Waals surface area contributed by atoms with E-state index in [1.165, 1.54) is 13.0 Å². The number of ether oxygens (including phenoxy) is 1. The molecule has 6 heteroatoms. The van der Waals surface area contributed by atoms with Gasteiger partial charge in [0.2, 0.25) is 5.91 Å². The molecule has 0 bridgehead atoms. The molecule has 1 rings (SSSR count). The van der Waals surface area contributed by atoms with Crippen LogP contribution in [0, 0.1) is 0 Å². The van der Waals surface area contributed by atoms with Crippen molar-refractivity contribution in [1.82, 2.24) is 0 Å². The molecular weight excluding hydrogens is 224 g/mol. The largest absolute Gasteiger partial charge is 0.463 e. The van der Waals surface area contributed by atoms with Crippen molar-refractivity contribution >= 4 is 11.9 Å². The van der Waals surface area contributed by atoms with Crippen molar-refractivity contribution in [3.8, 4) is 0 Å². The van der Waals surface area contributed by atoms with E-state index < -0.39 is 6.10 Å². The number of nitrogens with two attached hydrogens (primary N) is 2. The lowest BCUT2D eigenvalue weighted by Gasteiger charge is -2.21. The number of hydrogen-bond acceptors (Lipinski definition) is 5. The topological polar surface area (TPSA) is 116 Å². The van der Waals surface area contributed by atoms with Crippen LogP contribution in [0.1, 0.15) is 26.7 Å². The Kier molecular flexibility index (Phi) is 7.16. The van der Waals surface area contributed by atoms with E-state index in [1.807, 2.05) is 0 Å². The van der Waals surface area contributed by atoms with Crippen molar-refractivity contribution in [2.24, 2.45) is 11.5 Å². The third-order valence-corrected chi connectivity index (χ3v) is 1.96. The highest BCUT2D eigenvalue weighted by Crippen LogP contribution is 2.18. The Morgan fingerprint density at radius 3 is 2.53 bits per heavy atom. The van der Waals surface area contributed by atoms with E-state index in [0.29, 0.717) is 25.0 Å². The Labute approximate surface area is 101 Å². The molecule has 2 atom stereocenters. The predicted octanol–water partition coefficient (Wildman–Crippen LogP) is -0.550. The molecule has 0 spiro atoms. The zero-order chi connectivity index (χ0) is 13.4. The maximum Gasteiger partial charge on any atom is 0.333 e. The van der Waals surface area contributed by atoms with Crippen molar-refractivity contribution in [2.45, 2.75) is 38.8 Å². The Hall–Kier alpha value is -1.40. The molecule has 1 aliphatic carbocycles. The van der Waals surface area contributed by atoms with E-state index in [9.17, 15) is 14.7 Å². The van der Waals surface area contributed by atoms with Gasteiger partial charge in [0.05, 0.1) is 12.7 Å². The minimum Gasteiger partial charge on any atom is -0.463 e. The fourth-order valence-electron chi connectivity index (χ4n) is 1.42. The molecule has 0 aromatic heterocycles. The summed E-state index contributed by atoms with van der Waals surface area (Å²) in [7, 11) is 0. The van der Waals surface area contributed by atoms with Gasteiger partial charge in [-0.1, -0.05) is 0 Å². The highest BCUT2D eigenvalue weighted by molar-refractivity contribution is 5.88. The van der Waals surface area contributed by atoms with E-state index in [1.54, 1.807) is 6.92 Å². The smallest absolute Gasteiger partial charge is 0.333 e. The molecule has 0 aliphatic heterocycles. The summed E-state index contributed by atoms with van der Waals surface area (Å²) in [5.74, 6) is -0.697. The number of carbonyl (C=O) groups excluding carboxylic acids is 2. The lowest BCUT2D eigenvalue weighted by Crippen LogP contribution is -2.32. The van der Waals surface area contributed by atoms with Gasteiger partial charge in [0, 0.05) is 18.5 Å². The van der Waals surface area contributed by atoms with Gasteiger partial charge in [-0.15, -0.1) is 0 Å². The van der Waals surface area contributed by atoms with Crippen molar-refractivity contribution in [3.63, 3.8) is 0 Å². The molecule has 0 radical (unpaired) electrons. The number of esters is 1. The third kappa shape index (κ3) is 7.48. The van der Waals surface area contributed by atoms with Crippen molar-refractivity contribution in [3.05, 3.63) is 11.6 Å². The molecule has 1 aliphatic rings. The monoisotopic (exact) mass is 244 g/mol. The van der Waals surface area contributed by atoms with Crippen molar-refractivity contribution in [2.75, 3.05) is 6.61 Å². The van der Waals surface area contributed by atoms with Crippen molar-refractivity contribution in [1.29, 1.82) is 0 Å². The molecule has 98 valence electrons. The highest BCUT2D eigenvalue weighted by Gasteiger charge is 2.22. The van der Waals surface area contributed by atoms with Crippen LogP contribution >= 0.6 is 0 Å². The summed E-state index contributed by atoms with van der Waals surface area (Å²) < 4.78 is 4.80. The van der Waals surface area contributed by atoms with Gasteiger partial charge in [0.1, 0.15) is 0 Å². The first-order valence-corrected chi connectivity index (χ1v) is 5.44. The number of hydrogen-bond donors (Lipinski definition) is 3. The van der Waals surface area contributed by atoms with E-state index in [4.69, 9.17) is 10.5 Å². The maximum atomic E-state index is 11.2. The maximum absolute atomic E-state index is 11.2. The number of carbonyl (C=O) groups is 2. The van der Waals surface area contributed by atoms with Gasteiger partial charge in [0.25, 0.3) is 0 Å². The van der Waals surface area contributed by atoms with E-state index in [0.717, 1.165) is 0 Å². The molecule has 0 aromatic carbocycles. The molecule has 0 saturated carbocycles. The zero-order valence-corrected chi connectivity index (χ0v) is 10.2. The third-order valence-electron chi connectivity index (χ3n) is 1.96. The highest BCUT2D eigenvalue weighted by atomic mass is 16.5. The molecule has 2 unspecified atom stereocenters. The Balaban J connectivity index is 0.000000557. The van der Waals surface area contributed by atoms with Crippen LogP contribution in [-0.2, 0) is 14.3 Å². The van der Waals surface area contributed by atoms with Crippen LogP contribution in [0.2, 0.25) is 0 Å². The van der Waals surface area contributed by atoms with Gasteiger partial charge in [-0.3, -0.25) is 4.79 Å². The van der Waals surface area contributed by atoms with Crippen LogP contribution in [-0.4, -0.2) is 35.7 Å². The lowest BCUT2D eigenvalue weighted by atomic mass is 9.93. The molecule has 0 aromatic rings. The summed E-state index contributed by atoms with van der Waals surface area (Å²) in [4.78, 5) is 20.5. The van der Waals surface area contributed by atoms with Gasteiger partial charge in [-0.05, 0) is 25.8 Å². The standard InChI is InChI=1S/C9H15NO3.C2H5NO/c1-2-13-9(12)6-3-7(10)5-8(11)4-6;1-2(3)4/h4,7-8,11H,2-3,5,10H2,1H3;1H3,(H2,3,4). The molecule has 17 heavy (non-hydrogen) atoms. The average Bonchev–Trinajstić information content (AvgIpc) is 2.15. The predicted molar refractivity (Wildman–Crippen MR) is 62.8 cm³/mol. The van der Waals surface area contributed by atoms with Crippen LogP contribution < -0.4 is 11.5 Å². The summed E-state index contributed by atoms with van der Waals surface area (Å²) in [6, 6.07) is -0.139. The number of aliphatic hydroxyl groups is 1. The SMILES string of the molecule is CC(N)=O.CCOC(=O)C1=CC(O)CC(N)C1. The van der Waals surface area contributed by atoms with Gasteiger partial charge < -0.3 is 21.3 Å². The fraction of sp³-hybridized carbons (Fsp3) is 0.636. The summed E-state index contributed by atoms with van der Waals surface area (Å²) in [5.41, 5.74) is 10.6. The molecule has 0 fully saturated rings. The van der Waals surface area contributed by atoms with Crippen molar-refractivity contribution < 1.29 is 19.4 Å². The molecular formula is C11H20N2O4. The quantitative estimate of drug-likeness (QED) is 0.564. The van der Waals surface area contributed by atoms with Gasteiger partial charge >= 0.3 is 5.97 Å². The lowest BCUT2D eigenvalue weighted by molar-refractivity contribution is -0.139. The normalized spacial score (nSPS) is 22.9. The Morgan fingerprint density at radius 1 is 1.59 bits per heavy atom. The second-order valence-corrected chi connectivity index (χ2v) is 3.79. The number of rotatable bonds is 2. The average molecular weight is 244 g/mol. The number of primary amides is 1. The minimum absolute atomic E-state index is 0.139. The van der Waals surface area contributed by atoms with Crippen LogP contribution in [0.3, 0.4) is 0 Å². The zero-order valence-electron chi connectivity index (χ0n) is 10.2. The van der Waals surface area contributed by atoms with Gasteiger partial charge in [-0.2, -0.15) is 0 Å². The van der Waals surface area contributed by atoms with Crippen LogP contribution in [0.25, 0.3) is 0 Å². The first-order valence-electron chi connectivity index (χ1n) is 5.44. The molecule has 0 saturated heterocycles. The Morgan fingerprint density at radius 2 is 2.12 bits per heavy atom. The second-order valence-electron chi connectivity index (χ2n) is 3.79. The summed E-state index contributed by atoms with van der Waals surface area (Å²) >= 11 is 0. The summed E-state index contributed by atoms with van der Waals surface area (Å²) in [6.45, 7) is 3.40. The fourth-order valence-corrected chi connectivity index (χ4v) is 1.42. The Bertz CT molecular complexity index is 298. The van der Waals surface area contributed by atoms with Crippen LogP contribution in [0.15, 0.2) is 11.6 Å². The van der Waals surface area contributed by atoms with E-state index in [-0.39, 0.29) is 17.9 Å². The number of amides is 1. The number of aliphatic hydroxyl groups excluding tert-OH is 1. The molecule has 1 amide bonds. The van der Waals surface area contributed by atoms with Crippen LogP contribution in [0.5, 0.6) is 0 Å². The first-order chi connectivity index (χ1) is 7.86. The first kappa shape index (κ1) is 15.6.